The van der Waals surface area contributed by atoms with E-state index in [1.807, 2.05) is 0 Å². The van der Waals surface area contributed by atoms with Crippen molar-refractivity contribution in [3.05, 3.63) is 0 Å². The van der Waals surface area contributed by atoms with Gasteiger partial charge in [-0.2, -0.15) is 0 Å². The van der Waals surface area contributed by atoms with Crippen molar-refractivity contribution in [1.29, 1.82) is 0 Å². The van der Waals surface area contributed by atoms with Crippen LogP contribution in [-0.4, -0.2) is 29.3 Å². The predicted molar refractivity (Wildman–Crippen MR) is 222 cm³/mol. The van der Waals surface area contributed by atoms with Crippen LogP contribution in [0.4, 0.5) is 0 Å². The predicted octanol–water partition coefficient (Wildman–Crippen LogP) is 16.2. The van der Waals surface area contributed by atoms with E-state index in [0.717, 1.165) is 32.5 Å². The van der Waals surface area contributed by atoms with Gasteiger partial charge >= 0.3 is 9.53 Å². The lowest BCUT2D eigenvalue weighted by Gasteiger charge is -2.14. The van der Waals surface area contributed by atoms with Gasteiger partial charge in [-0.3, -0.25) is 0 Å². The minimum Gasteiger partial charge on any atom is -0.370 e. The summed E-state index contributed by atoms with van der Waals surface area (Å²) in [5.41, 5.74) is 0. The van der Waals surface area contributed by atoms with Crippen molar-refractivity contribution in [1.82, 2.24) is 0 Å². The minimum absolute atomic E-state index is 0.646. The average molecular weight is 726 g/mol. The second-order valence-electron chi connectivity index (χ2n) is 15.6. The van der Waals surface area contributed by atoms with E-state index in [0.29, 0.717) is 6.61 Å². The van der Waals surface area contributed by atoms with Crippen LogP contribution in [0.25, 0.3) is 0 Å². The van der Waals surface area contributed by atoms with E-state index >= 15 is 0 Å². The molecule has 0 aromatic heterocycles. The first-order chi connectivity index (χ1) is 24.8. The molecule has 0 aromatic rings. The molecular formula is C45H93O4Si. The summed E-state index contributed by atoms with van der Waals surface area (Å²) in [6.07, 6.45) is 53.3. The fourth-order valence-corrected chi connectivity index (χ4v) is 7.89. The van der Waals surface area contributed by atoms with Gasteiger partial charge in [-0.05, 0) is 19.3 Å². The summed E-state index contributed by atoms with van der Waals surface area (Å²) in [6, 6.07) is 0. The van der Waals surface area contributed by atoms with Crippen LogP contribution < -0.4 is 0 Å². The minimum atomic E-state index is -1.81. The fourth-order valence-electron chi connectivity index (χ4n) is 6.91. The molecule has 0 rings (SSSR count). The molecule has 0 bridgehead atoms. The van der Waals surface area contributed by atoms with Crippen molar-refractivity contribution in [3.8, 4) is 0 Å². The maximum atomic E-state index is 6.09. The van der Waals surface area contributed by atoms with Crippen LogP contribution in [0.15, 0.2) is 0 Å². The van der Waals surface area contributed by atoms with E-state index in [-0.39, 0.29) is 0 Å². The molecule has 0 fully saturated rings. The Morgan fingerprint density at radius 2 is 0.440 bits per heavy atom. The zero-order valence-corrected chi connectivity index (χ0v) is 35.8. The Labute approximate surface area is 318 Å². The van der Waals surface area contributed by atoms with Crippen LogP contribution in [0, 0.1) is 0 Å². The zero-order valence-electron chi connectivity index (χ0n) is 34.8. The molecule has 0 aliphatic rings. The van der Waals surface area contributed by atoms with Crippen LogP contribution in [-0.2, 0) is 18.3 Å². The van der Waals surface area contributed by atoms with Crippen molar-refractivity contribution in [2.24, 2.45) is 0 Å². The molecule has 0 N–H and O–H groups in total. The number of hydrogen-bond acceptors (Lipinski definition) is 4. The molecule has 0 saturated heterocycles. The summed E-state index contributed by atoms with van der Waals surface area (Å²) in [7, 11) is -1.81. The highest BCUT2D eigenvalue weighted by Crippen LogP contribution is 2.16. The first-order valence-corrected chi connectivity index (χ1v) is 24.5. The lowest BCUT2D eigenvalue weighted by atomic mass is 10.0. The van der Waals surface area contributed by atoms with Gasteiger partial charge in [-0.15, -0.1) is 0 Å². The second-order valence-corrected chi connectivity index (χ2v) is 16.8. The molecule has 0 spiro atoms. The maximum absolute atomic E-state index is 6.09. The number of rotatable bonds is 46. The van der Waals surface area contributed by atoms with Crippen LogP contribution in [0.5, 0.6) is 0 Å². The fraction of sp³-hybridized carbons (Fsp3) is 1.00. The van der Waals surface area contributed by atoms with E-state index in [4.69, 9.17) is 18.3 Å². The molecule has 0 saturated carbocycles. The largest absolute Gasteiger partial charge is 0.607 e. The standard InChI is InChI=1S/C45H93O4Si/c1-4-7-10-13-16-18-20-22-24-26-28-30-32-35-38-41-44-47-50(49-46-43-40-37-34-15-12-9-6-3)48-45-42-39-36-33-31-29-27-25-23-21-19-17-14-11-8-5-2/h4-45H2,1-3H3. The van der Waals surface area contributed by atoms with E-state index in [1.165, 1.54) is 231 Å². The molecular weight excluding hydrogens is 633 g/mol. The molecule has 0 aliphatic heterocycles. The summed E-state index contributed by atoms with van der Waals surface area (Å²) in [5.74, 6) is 0. The SMILES string of the molecule is CCCCCCCCCCCCCCCCCCO[Si](OCCCCCCCCCCCCCCCCCC)OOCCCCCCCCC. The van der Waals surface area contributed by atoms with Gasteiger partial charge in [0.15, 0.2) is 0 Å². The van der Waals surface area contributed by atoms with Gasteiger partial charge in [0.05, 0.1) is 6.61 Å². The van der Waals surface area contributed by atoms with Gasteiger partial charge in [-0.25, -0.2) is 9.46 Å². The second kappa shape index (κ2) is 47.1. The van der Waals surface area contributed by atoms with Gasteiger partial charge in [0.1, 0.15) is 0 Å². The third-order valence-electron chi connectivity index (χ3n) is 10.4. The van der Waals surface area contributed by atoms with Crippen molar-refractivity contribution >= 4 is 9.53 Å². The zero-order chi connectivity index (χ0) is 36.1. The lowest BCUT2D eigenvalue weighted by molar-refractivity contribution is -0.241. The van der Waals surface area contributed by atoms with Gasteiger partial charge in [0, 0.05) is 13.2 Å². The summed E-state index contributed by atoms with van der Waals surface area (Å²) in [5, 5.41) is 0. The van der Waals surface area contributed by atoms with E-state index in [9.17, 15) is 0 Å². The molecule has 301 valence electrons. The van der Waals surface area contributed by atoms with Crippen molar-refractivity contribution in [2.75, 3.05) is 19.8 Å². The Morgan fingerprint density at radius 1 is 0.240 bits per heavy atom. The maximum Gasteiger partial charge on any atom is 0.607 e. The first kappa shape index (κ1) is 50.1. The van der Waals surface area contributed by atoms with Crippen molar-refractivity contribution in [3.63, 3.8) is 0 Å². The Balaban J connectivity index is 3.83. The Morgan fingerprint density at radius 3 is 0.680 bits per heavy atom. The molecule has 0 aromatic carbocycles. The van der Waals surface area contributed by atoms with Gasteiger partial charge < -0.3 is 8.85 Å². The highest BCUT2D eigenvalue weighted by Gasteiger charge is 2.20. The monoisotopic (exact) mass is 726 g/mol. The van der Waals surface area contributed by atoms with Crippen LogP contribution >= 0.6 is 0 Å². The third-order valence-corrected chi connectivity index (χ3v) is 11.5. The number of hydrogen-bond donors (Lipinski definition) is 0. The quantitative estimate of drug-likeness (QED) is 0.0271. The van der Waals surface area contributed by atoms with Crippen molar-refractivity contribution < 1.29 is 18.3 Å². The molecule has 1 radical (unpaired) electrons. The topological polar surface area (TPSA) is 36.9 Å². The van der Waals surface area contributed by atoms with Crippen molar-refractivity contribution in [2.45, 2.75) is 271 Å². The lowest BCUT2D eigenvalue weighted by Crippen LogP contribution is -2.28. The van der Waals surface area contributed by atoms with E-state index < -0.39 is 9.53 Å². The Hall–Kier alpha value is 0.0569. The van der Waals surface area contributed by atoms with E-state index in [1.54, 1.807) is 0 Å². The summed E-state index contributed by atoms with van der Waals surface area (Å²) < 4.78 is 17.9. The molecule has 50 heavy (non-hydrogen) atoms. The van der Waals surface area contributed by atoms with Crippen LogP contribution in [0.1, 0.15) is 271 Å². The molecule has 0 atom stereocenters. The highest BCUT2D eigenvalue weighted by molar-refractivity contribution is 6.35. The van der Waals surface area contributed by atoms with Crippen LogP contribution in [0.2, 0.25) is 0 Å². The molecule has 5 heteroatoms. The summed E-state index contributed by atoms with van der Waals surface area (Å²) in [6.45, 7) is 8.98. The smallest absolute Gasteiger partial charge is 0.370 e. The average Bonchev–Trinajstić information content (AvgIpc) is 3.13. The molecule has 0 aliphatic carbocycles. The Kier molecular flexibility index (Phi) is 47.1. The molecule has 0 unspecified atom stereocenters. The number of unbranched alkanes of at least 4 members (excludes halogenated alkanes) is 36. The van der Waals surface area contributed by atoms with Gasteiger partial charge in [0.25, 0.3) is 0 Å². The summed E-state index contributed by atoms with van der Waals surface area (Å²) in [4.78, 5) is 5.59. The van der Waals surface area contributed by atoms with Crippen LogP contribution in [0.3, 0.4) is 0 Å². The molecule has 0 heterocycles. The molecule has 4 nitrogen and oxygen atoms in total. The summed E-state index contributed by atoms with van der Waals surface area (Å²) >= 11 is 0. The Bertz CT molecular complexity index is 539. The van der Waals surface area contributed by atoms with Gasteiger partial charge in [0.2, 0.25) is 0 Å². The molecule has 0 amide bonds. The first-order valence-electron chi connectivity index (χ1n) is 23.3. The van der Waals surface area contributed by atoms with E-state index in [2.05, 4.69) is 20.8 Å². The third kappa shape index (κ3) is 44.2. The van der Waals surface area contributed by atoms with Gasteiger partial charge in [-0.1, -0.05) is 252 Å². The highest BCUT2D eigenvalue weighted by atomic mass is 28.3. The normalized spacial score (nSPS) is 11.8.